The fraction of sp³-hybridized carbons (Fsp3) is 0.294. The first-order chi connectivity index (χ1) is 11.9. The van der Waals surface area contributed by atoms with Crippen molar-refractivity contribution in [2.45, 2.75) is 18.8 Å². The second-order valence-corrected chi connectivity index (χ2v) is 6.20. The summed E-state index contributed by atoms with van der Waals surface area (Å²) in [6, 6.07) is 8.20. The van der Waals surface area contributed by atoms with Gasteiger partial charge in [-0.2, -0.15) is 0 Å². The molecule has 0 saturated carbocycles. The zero-order valence-electron chi connectivity index (χ0n) is 13.1. The van der Waals surface area contributed by atoms with E-state index in [9.17, 15) is 0 Å². The van der Waals surface area contributed by atoms with E-state index in [1.54, 1.807) is 12.7 Å². The average Bonchev–Trinajstić information content (AvgIpc) is 3.28. The van der Waals surface area contributed by atoms with Gasteiger partial charge >= 0.3 is 0 Å². The van der Waals surface area contributed by atoms with Crippen LogP contribution in [0.1, 0.15) is 24.6 Å². The highest BCUT2D eigenvalue weighted by Crippen LogP contribution is 2.31. The molecule has 5 rings (SSSR count). The van der Waals surface area contributed by atoms with Gasteiger partial charge in [0.15, 0.2) is 11.5 Å². The molecule has 7 heteroatoms. The van der Waals surface area contributed by atoms with Gasteiger partial charge in [0, 0.05) is 19.0 Å². The number of anilines is 1. The minimum atomic E-state index is 0.466. The molecular weight excluding hydrogens is 302 g/mol. The quantitative estimate of drug-likeness (QED) is 0.593. The predicted octanol–water partition coefficient (Wildman–Crippen LogP) is 2.61. The first-order valence-corrected chi connectivity index (χ1v) is 8.22. The molecule has 1 aromatic carbocycles. The Hall–Kier alpha value is -2.96. The molecule has 4 aromatic rings. The molecule has 1 aliphatic heterocycles. The minimum Gasteiger partial charge on any atom is -0.355 e. The lowest BCUT2D eigenvalue weighted by atomic mass is 9.96. The molecule has 1 saturated heterocycles. The number of rotatable bonds is 2. The van der Waals surface area contributed by atoms with Crippen LogP contribution < -0.4 is 4.90 Å². The standard InChI is InChI=1S/C17H17N7/c1-2-4-13-12(3-1)22-15(23-13)11-5-7-24(8-6-11)17-14-16(19-9-18-14)20-10-21-17/h1-4,9-11H,5-8H2,(H,22,23)(H,18,19,20,21). The monoisotopic (exact) mass is 319 g/mol. The van der Waals surface area contributed by atoms with Gasteiger partial charge in [0.25, 0.3) is 0 Å². The van der Waals surface area contributed by atoms with E-state index in [-0.39, 0.29) is 0 Å². The number of aromatic nitrogens is 6. The largest absolute Gasteiger partial charge is 0.355 e. The van der Waals surface area contributed by atoms with Crippen LogP contribution in [0.2, 0.25) is 0 Å². The number of hydrogen-bond donors (Lipinski definition) is 2. The van der Waals surface area contributed by atoms with Crippen molar-refractivity contribution < 1.29 is 0 Å². The molecule has 1 aliphatic rings. The van der Waals surface area contributed by atoms with E-state index < -0.39 is 0 Å². The topological polar surface area (TPSA) is 86.4 Å². The van der Waals surface area contributed by atoms with Gasteiger partial charge in [-0.15, -0.1) is 0 Å². The molecule has 0 amide bonds. The molecule has 0 bridgehead atoms. The molecule has 4 heterocycles. The number of nitrogens with zero attached hydrogens (tertiary/aromatic N) is 5. The number of H-pyrrole nitrogens is 2. The first-order valence-electron chi connectivity index (χ1n) is 8.22. The third kappa shape index (κ3) is 2.12. The van der Waals surface area contributed by atoms with Crippen molar-refractivity contribution in [3.63, 3.8) is 0 Å². The lowest BCUT2D eigenvalue weighted by molar-refractivity contribution is 0.488. The summed E-state index contributed by atoms with van der Waals surface area (Å²) in [7, 11) is 0. The van der Waals surface area contributed by atoms with Gasteiger partial charge in [-0.3, -0.25) is 0 Å². The number of piperidine rings is 1. The van der Waals surface area contributed by atoms with E-state index in [0.29, 0.717) is 5.92 Å². The number of hydrogen-bond acceptors (Lipinski definition) is 5. The van der Waals surface area contributed by atoms with Gasteiger partial charge in [-0.25, -0.2) is 19.9 Å². The Kier molecular flexibility index (Phi) is 2.97. The van der Waals surface area contributed by atoms with E-state index in [1.165, 1.54) is 0 Å². The third-order valence-electron chi connectivity index (χ3n) is 4.79. The fourth-order valence-corrected chi connectivity index (χ4v) is 3.52. The highest BCUT2D eigenvalue weighted by Gasteiger charge is 2.25. The van der Waals surface area contributed by atoms with Crippen molar-refractivity contribution in [3.05, 3.63) is 42.7 Å². The SMILES string of the molecule is c1ccc2[nH]c(C3CCN(c4ncnc5nc[nH]c45)CC3)nc2c1. The summed E-state index contributed by atoms with van der Waals surface area (Å²) in [6.45, 7) is 1.90. The van der Waals surface area contributed by atoms with Crippen LogP contribution in [0.25, 0.3) is 22.2 Å². The summed E-state index contributed by atoms with van der Waals surface area (Å²) in [5, 5.41) is 0. The molecule has 7 nitrogen and oxygen atoms in total. The summed E-state index contributed by atoms with van der Waals surface area (Å²) in [4.78, 5) is 26.5. The zero-order chi connectivity index (χ0) is 15.9. The lowest BCUT2D eigenvalue weighted by Gasteiger charge is -2.31. The highest BCUT2D eigenvalue weighted by atomic mass is 15.2. The summed E-state index contributed by atoms with van der Waals surface area (Å²) in [6.07, 6.45) is 5.37. The fourth-order valence-electron chi connectivity index (χ4n) is 3.52. The van der Waals surface area contributed by atoms with Crippen LogP contribution in [0.3, 0.4) is 0 Å². The second kappa shape index (κ2) is 5.30. The highest BCUT2D eigenvalue weighted by molar-refractivity contribution is 5.82. The van der Waals surface area contributed by atoms with Crippen molar-refractivity contribution in [1.29, 1.82) is 0 Å². The van der Waals surface area contributed by atoms with E-state index in [1.807, 2.05) is 12.1 Å². The van der Waals surface area contributed by atoms with Crippen LogP contribution in [0.15, 0.2) is 36.9 Å². The van der Waals surface area contributed by atoms with Crippen molar-refractivity contribution in [2.75, 3.05) is 18.0 Å². The molecule has 2 N–H and O–H groups in total. The smallest absolute Gasteiger partial charge is 0.182 e. The van der Waals surface area contributed by atoms with Crippen molar-refractivity contribution in [3.8, 4) is 0 Å². The van der Waals surface area contributed by atoms with Gasteiger partial charge in [0.2, 0.25) is 0 Å². The first kappa shape index (κ1) is 13.5. The summed E-state index contributed by atoms with van der Waals surface area (Å²) in [5.41, 5.74) is 3.80. The van der Waals surface area contributed by atoms with Gasteiger partial charge in [-0.1, -0.05) is 12.1 Å². The summed E-state index contributed by atoms with van der Waals surface area (Å²) in [5.74, 6) is 2.51. The maximum absolute atomic E-state index is 4.76. The number of fused-ring (bicyclic) bond motifs is 2. The van der Waals surface area contributed by atoms with Gasteiger partial charge < -0.3 is 14.9 Å². The second-order valence-electron chi connectivity index (χ2n) is 6.20. The Labute approximate surface area is 138 Å². The minimum absolute atomic E-state index is 0.466. The Morgan fingerprint density at radius 3 is 2.79 bits per heavy atom. The molecule has 0 spiro atoms. The van der Waals surface area contributed by atoms with Gasteiger partial charge in [-0.05, 0) is 25.0 Å². The normalized spacial score (nSPS) is 16.2. The molecular formula is C17H17N7. The Morgan fingerprint density at radius 1 is 1.04 bits per heavy atom. The van der Waals surface area contributed by atoms with E-state index in [0.717, 1.165) is 59.8 Å². The maximum Gasteiger partial charge on any atom is 0.182 e. The number of imidazole rings is 2. The molecule has 120 valence electrons. The van der Waals surface area contributed by atoms with Crippen LogP contribution in [0, 0.1) is 0 Å². The molecule has 0 radical (unpaired) electrons. The molecule has 0 atom stereocenters. The Balaban J connectivity index is 1.38. The molecule has 3 aromatic heterocycles. The number of nitrogens with one attached hydrogen (secondary N) is 2. The predicted molar refractivity (Wildman–Crippen MR) is 92.0 cm³/mol. The Bertz CT molecular complexity index is 961. The number of aromatic amines is 2. The van der Waals surface area contributed by atoms with Crippen molar-refractivity contribution in [2.24, 2.45) is 0 Å². The van der Waals surface area contributed by atoms with Crippen LogP contribution >= 0.6 is 0 Å². The van der Waals surface area contributed by atoms with Crippen molar-refractivity contribution in [1.82, 2.24) is 29.9 Å². The average molecular weight is 319 g/mol. The summed E-state index contributed by atoms with van der Waals surface area (Å²) < 4.78 is 0. The van der Waals surface area contributed by atoms with Crippen LogP contribution in [0.4, 0.5) is 5.82 Å². The third-order valence-corrected chi connectivity index (χ3v) is 4.79. The lowest BCUT2D eigenvalue weighted by Crippen LogP contribution is -2.34. The van der Waals surface area contributed by atoms with Crippen LogP contribution in [0.5, 0.6) is 0 Å². The maximum atomic E-state index is 4.76. The molecule has 0 aliphatic carbocycles. The van der Waals surface area contributed by atoms with Gasteiger partial charge in [0.1, 0.15) is 17.7 Å². The summed E-state index contributed by atoms with van der Waals surface area (Å²) >= 11 is 0. The zero-order valence-corrected chi connectivity index (χ0v) is 13.1. The van der Waals surface area contributed by atoms with E-state index in [4.69, 9.17) is 4.98 Å². The molecule has 1 fully saturated rings. The molecule has 0 unspecified atom stereocenters. The molecule has 24 heavy (non-hydrogen) atoms. The number of benzene rings is 1. The number of para-hydroxylation sites is 2. The Morgan fingerprint density at radius 2 is 1.92 bits per heavy atom. The van der Waals surface area contributed by atoms with E-state index >= 15 is 0 Å². The van der Waals surface area contributed by atoms with Crippen LogP contribution in [-0.4, -0.2) is 43.0 Å². The van der Waals surface area contributed by atoms with Crippen LogP contribution in [-0.2, 0) is 0 Å². The van der Waals surface area contributed by atoms with Gasteiger partial charge in [0.05, 0.1) is 17.4 Å². The van der Waals surface area contributed by atoms with Crippen molar-refractivity contribution >= 4 is 28.0 Å². The van der Waals surface area contributed by atoms with E-state index in [2.05, 4.69) is 42.0 Å².